The second-order valence-corrected chi connectivity index (χ2v) is 6.03. The molecule has 0 fully saturated rings. The number of halogens is 1. The fourth-order valence-corrected chi connectivity index (χ4v) is 2.42. The summed E-state index contributed by atoms with van der Waals surface area (Å²) < 4.78 is 6.22. The van der Waals surface area contributed by atoms with Gasteiger partial charge >= 0.3 is 0 Å². The number of hydrogen-bond acceptors (Lipinski definition) is 3. The molecule has 0 amide bonds. The number of methoxy groups -OCH3 is 1. The molecule has 4 heteroatoms. The molecule has 0 saturated carbocycles. The van der Waals surface area contributed by atoms with Gasteiger partial charge in [-0.15, -0.1) is 0 Å². The van der Waals surface area contributed by atoms with Crippen LogP contribution in [0.4, 0.5) is 0 Å². The number of nitrogens with zero attached hydrogens (tertiary/aromatic N) is 1. The Morgan fingerprint density at radius 2 is 2.16 bits per heavy atom. The molecule has 0 saturated heterocycles. The second kappa shape index (κ2) is 7.52. The summed E-state index contributed by atoms with van der Waals surface area (Å²) in [5.41, 5.74) is 1.30. The Kier molecular flexibility index (Phi) is 6.33. The highest BCUT2D eigenvalue weighted by molar-refractivity contribution is 9.10. The zero-order valence-corrected chi connectivity index (χ0v) is 13.4. The quantitative estimate of drug-likeness (QED) is 0.779. The monoisotopic (exact) mass is 324 g/mol. The van der Waals surface area contributed by atoms with E-state index in [9.17, 15) is 0 Å². The summed E-state index contributed by atoms with van der Waals surface area (Å²) in [5.74, 6) is 0.849. The van der Waals surface area contributed by atoms with Crippen molar-refractivity contribution in [3.8, 4) is 11.8 Å². The molecule has 0 unspecified atom stereocenters. The summed E-state index contributed by atoms with van der Waals surface area (Å²) in [6.45, 7) is 6.18. The Morgan fingerprint density at radius 3 is 2.74 bits per heavy atom. The highest BCUT2D eigenvalue weighted by Crippen LogP contribution is 2.31. The number of rotatable bonds is 7. The van der Waals surface area contributed by atoms with Crippen molar-refractivity contribution >= 4 is 15.9 Å². The number of ether oxygens (including phenoxy) is 1. The van der Waals surface area contributed by atoms with Crippen molar-refractivity contribution in [3.05, 3.63) is 28.2 Å². The van der Waals surface area contributed by atoms with Crippen molar-refractivity contribution in [2.75, 3.05) is 20.2 Å². The summed E-state index contributed by atoms with van der Waals surface area (Å²) in [7, 11) is 1.67. The number of benzene rings is 1. The molecule has 0 atom stereocenters. The van der Waals surface area contributed by atoms with E-state index in [0.717, 1.165) is 29.7 Å². The third-order valence-electron chi connectivity index (χ3n) is 3.14. The van der Waals surface area contributed by atoms with Crippen LogP contribution in [0.15, 0.2) is 22.7 Å². The van der Waals surface area contributed by atoms with Gasteiger partial charge in [-0.3, -0.25) is 0 Å². The Balaban J connectivity index is 2.61. The molecule has 104 valence electrons. The van der Waals surface area contributed by atoms with Gasteiger partial charge < -0.3 is 10.1 Å². The smallest absolute Gasteiger partial charge is 0.133 e. The molecule has 0 spiro atoms. The number of nitrogens with one attached hydrogen (secondary N) is 1. The van der Waals surface area contributed by atoms with Gasteiger partial charge in [-0.05, 0) is 46.6 Å². The van der Waals surface area contributed by atoms with E-state index in [1.165, 1.54) is 5.56 Å². The van der Waals surface area contributed by atoms with Gasteiger partial charge in [0, 0.05) is 18.4 Å². The molecule has 1 N–H and O–H groups in total. The largest absolute Gasteiger partial charge is 0.496 e. The van der Waals surface area contributed by atoms with Crippen molar-refractivity contribution in [3.63, 3.8) is 0 Å². The van der Waals surface area contributed by atoms with E-state index in [0.29, 0.717) is 6.42 Å². The first-order valence-corrected chi connectivity index (χ1v) is 7.22. The highest BCUT2D eigenvalue weighted by atomic mass is 79.9. The third-order valence-corrected chi connectivity index (χ3v) is 3.76. The third kappa shape index (κ3) is 4.85. The lowest BCUT2D eigenvalue weighted by Gasteiger charge is -2.26. The zero-order valence-electron chi connectivity index (χ0n) is 11.8. The van der Waals surface area contributed by atoms with Crippen LogP contribution in [-0.2, 0) is 5.41 Å². The van der Waals surface area contributed by atoms with E-state index in [1.54, 1.807) is 7.11 Å². The van der Waals surface area contributed by atoms with E-state index in [-0.39, 0.29) is 5.41 Å². The van der Waals surface area contributed by atoms with Gasteiger partial charge in [0.1, 0.15) is 5.75 Å². The van der Waals surface area contributed by atoms with E-state index in [2.05, 4.69) is 53.3 Å². The Bertz CT molecular complexity index is 452. The lowest BCUT2D eigenvalue weighted by atomic mass is 9.84. The van der Waals surface area contributed by atoms with Crippen LogP contribution in [0.2, 0.25) is 0 Å². The highest BCUT2D eigenvalue weighted by Gasteiger charge is 2.21. The lowest BCUT2D eigenvalue weighted by Crippen LogP contribution is -2.33. The van der Waals surface area contributed by atoms with Gasteiger partial charge in [-0.2, -0.15) is 5.26 Å². The number of nitriles is 1. The van der Waals surface area contributed by atoms with Crippen LogP contribution in [0.3, 0.4) is 0 Å². The standard InChI is InChI=1S/C15H21BrN2O/c1-15(2,11-18-9-5-4-8-17)12-6-7-14(19-3)13(16)10-12/h6-7,10,18H,4-5,9,11H2,1-3H3. The van der Waals surface area contributed by atoms with Crippen molar-refractivity contribution in [1.29, 1.82) is 5.26 Å². The van der Waals surface area contributed by atoms with E-state index >= 15 is 0 Å². The minimum Gasteiger partial charge on any atom is -0.496 e. The van der Waals surface area contributed by atoms with Crippen LogP contribution in [0.5, 0.6) is 5.75 Å². The maximum Gasteiger partial charge on any atom is 0.133 e. The molecular weight excluding hydrogens is 304 g/mol. The Labute approximate surface area is 124 Å². The molecule has 0 aliphatic heterocycles. The van der Waals surface area contributed by atoms with Crippen LogP contribution < -0.4 is 10.1 Å². The normalized spacial score (nSPS) is 11.1. The molecule has 3 nitrogen and oxygen atoms in total. The van der Waals surface area contributed by atoms with Gasteiger partial charge in [0.25, 0.3) is 0 Å². The molecule has 0 heterocycles. The van der Waals surface area contributed by atoms with Gasteiger partial charge in [0.2, 0.25) is 0 Å². The maximum atomic E-state index is 8.49. The SMILES string of the molecule is COc1ccc(C(C)(C)CNCCCC#N)cc1Br. The minimum atomic E-state index is 0.0431. The van der Waals surface area contributed by atoms with Gasteiger partial charge in [-0.25, -0.2) is 0 Å². The van der Waals surface area contributed by atoms with Crippen molar-refractivity contribution in [2.45, 2.75) is 32.1 Å². The molecule has 0 aromatic heterocycles. The van der Waals surface area contributed by atoms with Crippen molar-refractivity contribution < 1.29 is 4.74 Å². The lowest BCUT2D eigenvalue weighted by molar-refractivity contribution is 0.410. The summed E-state index contributed by atoms with van der Waals surface area (Å²) in [4.78, 5) is 0. The molecular formula is C15H21BrN2O. The maximum absolute atomic E-state index is 8.49. The first-order chi connectivity index (χ1) is 9.01. The summed E-state index contributed by atoms with van der Waals surface area (Å²) >= 11 is 3.52. The summed E-state index contributed by atoms with van der Waals surface area (Å²) in [5, 5.41) is 11.9. The number of unbranched alkanes of at least 4 members (excludes halogenated alkanes) is 1. The van der Waals surface area contributed by atoms with Crippen molar-refractivity contribution in [2.24, 2.45) is 0 Å². The van der Waals surface area contributed by atoms with Crippen LogP contribution in [0.25, 0.3) is 0 Å². The average Bonchev–Trinajstić information content (AvgIpc) is 2.38. The summed E-state index contributed by atoms with van der Waals surface area (Å²) in [6, 6.07) is 8.34. The fraction of sp³-hybridized carbons (Fsp3) is 0.533. The first kappa shape index (κ1) is 16.0. The predicted octanol–water partition coefficient (Wildman–Crippen LogP) is 3.63. The van der Waals surface area contributed by atoms with Gasteiger partial charge in [0.05, 0.1) is 17.7 Å². The van der Waals surface area contributed by atoms with Crippen molar-refractivity contribution in [1.82, 2.24) is 5.32 Å². The molecule has 1 aromatic carbocycles. The van der Waals surface area contributed by atoms with Gasteiger partial charge in [-0.1, -0.05) is 19.9 Å². The minimum absolute atomic E-state index is 0.0431. The molecule has 0 bridgehead atoms. The van der Waals surface area contributed by atoms with E-state index in [4.69, 9.17) is 10.00 Å². The molecule has 0 aliphatic carbocycles. The van der Waals surface area contributed by atoms with Crippen LogP contribution in [0, 0.1) is 11.3 Å². The van der Waals surface area contributed by atoms with Gasteiger partial charge in [0.15, 0.2) is 0 Å². The van der Waals surface area contributed by atoms with Crippen LogP contribution >= 0.6 is 15.9 Å². The summed E-state index contributed by atoms with van der Waals surface area (Å²) in [6.07, 6.45) is 1.51. The molecule has 0 radical (unpaired) electrons. The molecule has 0 aliphatic rings. The molecule has 19 heavy (non-hydrogen) atoms. The Hall–Kier alpha value is -1.05. The van der Waals surface area contributed by atoms with Crippen LogP contribution in [-0.4, -0.2) is 20.2 Å². The average molecular weight is 325 g/mol. The topological polar surface area (TPSA) is 45.0 Å². The zero-order chi connectivity index (χ0) is 14.3. The predicted molar refractivity (Wildman–Crippen MR) is 81.4 cm³/mol. The fourth-order valence-electron chi connectivity index (χ4n) is 1.88. The van der Waals surface area contributed by atoms with Crippen LogP contribution in [0.1, 0.15) is 32.3 Å². The Morgan fingerprint density at radius 1 is 1.42 bits per heavy atom. The van der Waals surface area contributed by atoms with E-state index in [1.807, 2.05) is 6.07 Å². The first-order valence-electron chi connectivity index (χ1n) is 6.43. The second-order valence-electron chi connectivity index (χ2n) is 5.17. The molecule has 1 aromatic rings. The number of hydrogen-bond donors (Lipinski definition) is 1. The van der Waals surface area contributed by atoms with E-state index < -0.39 is 0 Å². The molecule has 1 rings (SSSR count).